The number of nitrogens with one attached hydrogen (secondary N) is 2. The Morgan fingerprint density at radius 3 is 2.73 bits per heavy atom. The first-order valence-electron chi connectivity index (χ1n) is 9.72. The Bertz CT molecular complexity index is 524. The molecule has 0 saturated carbocycles. The standard InChI is InChI=1S/C20H34N4O.HI/c1-3-21-20(23-13-8-16-25-4-2)22-12-7-14-24-15-11-18-9-5-6-10-19(18)17-24;/h5-6,9-10H,3-4,7-8,11-17H2,1-2H3,(H2,21,22,23);1H. The summed E-state index contributed by atoms with van der Waals surface area (Å²) < 4.78 is 5.35. The number of hydrogen-bond donors (Lipinski definition) is 2. The fraction of sp³-hybridized carbons (Fsp3) is 0.650. The van der Waals surface area contributed by atoms with Crippen molar-refractivity contribution in [3.8, 4) is 0 Å². The largest absolute Gasteiger partial charge is 0.382 e. The van der Waals surface area contributed by atoms with Crippen LogP contribution >= 0.6 is 24.0 Å². The average Bonchev–Trinajstić information content (AvgIpc) is 2.64. The zero-order valence-electron chi connectivity index (χ0n) is 16.3. The Morgan fingerprint density at radius 2 is 1.96 bits per heavy atom. The van der Waals surface area contributed by atoms with Crippen molar-refractivity contribution in [2.24, 2.45) is 4.99 Å². The molecule has 0 radical (unpaired) electrons. The summed E-state index contributed by atoms with van der Waals surface area (Å²) in [5.74, 6) is 0.919. The molecule has 1 aliphatic rings. The van der Waals surface area contributed by atoms with Crippen LogP contribution in [0.3, 0.4) is 0 Å². The van der Waals surface area contributed by atoms with E-state index in [-0.39, 0.29) is 24.0 Å². The Hall–Kier alpha value is -0.860. The lowest BCUT2D eigenvalue weighted by atomic mass is 10.00. The van der Waals surface area contributed by atoms with Crippen LogP contribution in [-0.2, 0) is 17.7 Å². The molecule has 1 aliphatic heterocycles. The van der Waals surface area contributed by atoms with Gasteiger partial charge in [-0.1, -0.05) is 24.3 Å². The summed E-state index contributed by atoms with van der Waals surface area (Å²) in [5.41, 5.74) is 3.01. The second kappa shape index (κ2) is 14.2. The van der Waals surface area contributed by atoms with Crippen LogP contribution in [-0.4, -0.2) is 56.8 Å². The second-order valence-electron chi connectivity index (χ2n) is 6.39. The van der Waals surface area contributed by atoms with Crippen LogP contribution in [0, 0.1) is 0 Å². The van der Waals surface area contributed by atoms with Gasteiger partial charge in [0, 0.05) is 52.5 Å². The Labute approximate surface area is 176 Å². The van der Waals surface area contributed by atoms with E-state index in [0.717, 1.165) is 64.7 Å². The lowest BCUT2D eigenvalue weighted by molar-refractivity contribution is 0.146. The second-order valence-corrected chi connectivity index (χ2v) is 6.39. The van der Waals surface area contributed by atoms with Crippen LogP contribution < -0.4 is 10.6 Å². The molecule has 148 valence electrons. The van der Waals surface area contributed by atoms with Gasteiger partial charge in [0.2, 0.25) is 0 Å². The third kappa shape index (κ3) is 8.68. The van der Waals surface area contributed by atoms with E-state index in [9.17, 15) is 0 Å². The van der Waals surface area contributed by atoms with Crippen LogP contribution in [0.4, 0.5) is 0 Å². The van der Waals surface area contributed by atoms with E-state index in [4.69, 9.17) is 4.74 Å². The monoisotopic (exact) mass is 474 g/mol. The minimum atomic E-state index is 0. The number of fused-ring (bicyclic) bond motifs is 1. The van der Waals surface area contributed by atoms with Gasteiger partial charge >= 0.3 is 0 Å². The maximum Gasteiger partial charge on any atom is 0.191 e. The third-order valence-corrected chi connectivity index (χ3v) is 4.42. The van der Waals surface area contributed by atoms with Gasteiger partial charge in [0.05, 0.1) is 0 Å². The van der Waals surface area contributed by atoms with E-state index in [1.165, 1.54) is 24.1 Å². The lowest BCUT2D eigenvalue weighted by Gasteiger charge is -2.28. The van der Waals surface area contributed by atoms with Gasteiger partial charge in [-0.25, -0.2) is 0 Å². The highest BCUT2D eigenvalue weighted by molar-refractivity contribution is 14.0. The van der Waals surface area contributed by atoms with Gasteiger partial charge in [-0.2, -0.15) is 0 Å². The molecule has 0 unspecified atom stereocenters. The van der Waals surface area contributed by atoms with Crippen LogP contribution in [0.25, 0.3) is 0 Å². The average molecular weight is 474 g/mol. The highest BCUT2D eigenvalue weighted by Gasteiger charge is 2.14. The zero-order valence-corrected chi connectivity index (χ0v) is 18.6. The van der Waals surface area contributed by atoms with Crippen LogP contribution in [0.15, 0.2) is 29.3 Å². The van der Waals surface area contributed by atoms with Crippen molar-refractivity contribution >= 4 is 29.9 Å². The highest BCUT2D eigenvalue weighted by atomic mass is 127. The first-order chi connectivity index (χ1) is 12.3. The molecule has 0 bridgehead atoms. The topological polar surface area (TPSA) is 48.9 Å². The maximum atomic E-state index is 5.35. The smallest absolute Gasteiger partial charge is 0.191 e. The molecule has 1 aromatic carbocycles. The zero-order chi connectivity index (χ0) is 17.7. The van der Waals surface area contributed by atoms with Crippen molar-refractivity contribution in [1.82, 2.24) is 15.5 Å². The van der Waals surface area contributed by atoms with E-state index in [1.54, 1.807) is 0 Å². The molecule has 2 rings (SSSR count). The maximum absolute atomic E-state index is 5.35. The van der Waals surface area contributed by atoms with E-state index in [2.05, 4.69) is 51.7 Å². The molecule has 26 heavy (non-hydrogen) atoms. The van der Waals surface area contributed by atoms with Crippen molar-refractivity contribution in [1.29, 1.82) is 0 Å². The third-order valence-electron chi connectivity index (χ3n) is 4.42. The van der Waals surface area contributed by atoms with Crippen molar-refractivity contribution in [2.75, 3.05) is 45.9 Å². The van der Waals surface area contributed by atoms with E-state index >= 15 is 0 Å². The Morgan fingerprint density at radius 1 is 1.15 bits per heavy atom. The van der Waals surface area contributed by atoms with Crippen LogP contribution in [0.1, 0.15) is 37.8 Å². The molecule has 0 atom stereocenters. The van der Waals surface area contributed by atoms with Crippen molar-refractivity contribution in [3.05, 3.63) is 35.4 Å². The Balaban J connectivity index is 0.00000338. The van der Waals surface area contributed by atoms with Gasteiger partial charge in [-0.15, -0.1) is 24.0 Å². The number of halogens is 1. The molecule has 0 spiro atoms. The summed E-state index contributed by atoms with van der Waals surface area (Å²) in [7, 11) is 0. The van der Waals surface area contributed by atoms with Crippen molar-refractivity contribution < 1.29 is 4.74 Å². The predicted molar refractivity (Wildman–Crippen MR) is 121 cm³/mol. The minimum Gasteiger partial charge on any atom is -0.382 e. The molecule has 1 heterocycles. The van der Waals surface area contributed by atoms with Gasteiger partial charge in [0.15, 0.2) is 5.96 Å². The van der Waals surface area contributed by atoms with E-state index < -0.39 is 0 Å². The first-order valence-corrected chi connectivity index (χ1v) is 9.72. The summed E-state index contributed by atoms with van der Waals surface area (Å²) in [6.45, 7) is 11.7. The van der Waals surface area contributed by atoms with Crippen LogP contribution in [0.5, 0.6) is 0 Å². The molecular formula is C20H35IN4O. The molecule has 0 aromatic heterocycles. The van der Waals surface area contributed by atoms with E-state index in [1.807, 2.05) is 6.92 Å². The quantitative estimate of drug-likeness (QED) is 0.237. The summed E-state index contributed by atoms with van der Waals surface area (Å²) in [6.07, 6.45) is 3.27. The lowest BCUT2D eigenvalue weighted by Crippen LogP contribution is -2.39. The molecule has 0 amide bonds. The predicted octanol–water partition coefficient (Wildman–Crippen LogP) is 3.03. The van der Waals surface area contributed by atoms with E-state index in [0.29, 0.717) is 0 Å². The molecule has 0 aliphatic carbocycles. The molecular weight excluding hydrogens is 439 g/mol. The molecule has 0 fully saturated rings. The number of benzene rings is 1. The number of rotatable bonds is 10. The van der Waals surface area contributed by atoms with Gasteiger partial charge in [-0.05, 0) is 44.2 Å². The normalized spacial score (nSPS) is 14.5. The van der Waals surface area contributed by atoms with Crippen LogP contribution in [0.2, 0.25) is 0 Å². The number of nitrogens with zero attached hydrogens (tertiary/aromatic N) is 2. The van der Waals surface area contributed by atoms with Gasteiger partial charge in [-0.3, -0.25) is 9.89 Å². The molecule has 0 saturated heterocycles. The molecule has 2 N–H and O–H groups in total. The van der Waals surface area contributed by atoms with Crippen molar-refractivity contribution in [2.45, 2.75) is 39.7 Å². The fourth-order valence-corrected chi connectivity index (χ4v) is 3.10. The Kier molecular flexibility index (Phi) is 12.7. The van der Waals surface area contributed by atoms with Gasteiger partial charge in [0.1, 0.15) is 0 Å². The first kappa shape index (κ1) is 23.2. The fourth-order valence-electron chi connectivity index (χ4n) is 3.10. The van der Waals surface area contributed by atoms with Crippen molar-refractivity contribution in [3.63, 3.8) is 0 Å². The summed E-state index contributed by atoms with van der Waals surface area (Å²) >= 11 is 0. The molecule has 5 nitrogen and oxygen atoms in total. The number of aliphatic imine (C=N–C) groups is 1. The summed E-state index contributed by atoms with van der Waals surface area (Å²) in [6, 6.07) is 8.82. The number of guanidine groups is 1. The molecule has 1 aromatic rings. The van der Waals surface area contributed by atoms with Gasteiger partial charge in [0.25, 0.3) is 0 Å². The molecule has 6 heteroatoms. The SMILES string of the molecule is CCNC(=NCCCOCC)NCCCN1CCc2ccccc2C1.I. The minimum absolute atomic E-state index is 0. The number of hydrogen-bond acceptors (Lipinski definition) is 3. The summed E-state index contributed by atoms with van der Waals surface area (Å²) in [5, 5.41) is 6.75. The number of ether oxygens (including phenoxy) is 1. The van der Waals surface area contributed by atoms with Gasteiger partial charge < -0.3 is 15.4 Å². The highest BCUT2D eigenvalue weighted by Crippen LogP contribution is 2.18. The summed E-state index contributed by atoms with van der Waals surface area (Å²) in [4.78, 5) is 7.15.